The van der Waals surface area contributed by atoms with Crippen LogP contribution in [0.5, 0.6) is 0 Å². The van der Waals surface area contributed by atoms with Crippen LogP contribution in [-0.4, -0.2) is 27.2 Å². The van der Waals surface area contributed by atoms with Crippen LogP contribution in [0.3, 0.4) is 0 Å². The van der Waals surface area contributed by atoms with Gasteiger partial charge in [0.05, 0.1) is 4.32 Å². The van der Waals surface area contributed by atoms with E-state index in [4.69, 9.17) is 0 Å². The fraction of sp³-hybridized carbons (Fsp3) is 0.900. The fourth-order valence-electron chi connectivity index (χ4n) is 1.80. The minimum atomic E-state index is -0.422. The van der Waals surface area contributed by atoms with Gasteiger partial charge in [-0.05, 0) is 40.5 Å². The Bertz CT molecular complexity index is 217. The standard InChI is InChI=1S/C10H18BrNO/c1-9(2)6-5-7-12(9)8(13)10(3,4)11/h5-7H2,1-4H3. The molecule has 2 nitrogen and oxygen atoms in total. The van der Waals surface area contributed by atoms with Crippen LogP contribution in [0.25, 0.3) is 0 Å². The molecule has 0 aromatic rings. The van der Waals surface area contributed by atoms with Gasteiger partial charge >= 0.3 is 0 Å². The van der Waals surface area contributed by atoms with Crippen LogP contribution < -0.4 is 0 Å². The zero-order valence-electron chi connectivity index (χ0n) is 8.85. The van der Waals surface area contributed by atoms with Gasteiger partial charge in [0.25, 0.3) is 0 Å². The first-order valence-corrected chi connectivity index (χ1v) is 5.55. The molecule has 1 amide bonds. The molecular formula is C10H18BrNO. The first-order chi connectivity index (χ1) is 5.75. The second-order valence-corrected chi connectivity index (χ2v) is 6.83. The van der Waals surface area contributed by atoms with Crippen molar-refractivity contribution < 1.29 is 4.79 Å². The van der Waals surface area contributed by atoms with E-state index >= 15 is 0 Å². The van der Waals surface area contributed by atoms with Crippen LogP contribution in [-0.2, 0) is 4.79 Å². The van der Waals surface area contributed by atoms with E-state index in [-0.39, 0.29) is 11.4 Å². The summed E-state index contributed by atoms with van der Waals surface area (Å²) in [6.45, 7) is 8.99. The Labute approximate surface area is 88.8 Å². The Hall–Kier alpha value is -0.0500. The van der Waals surface area contributed by atoms with E-state index in [1.807, 2.05) is 18.7 Å². The van der Waals surface area contributed by atoms with Gasteiger partial charge in [-0.3, -0.25) is 4.79 Å². The largest absolute Gasteiger partial charge is 0.336 e. The lowest BCUT2D eigenvalue weighted by molar-refractivity contribution is -0.135. The molecule has 0 saturated carbocycles. The third kappa shape index (κ3) is 2.25. The summed E-state index contributed by atoms with van der Waals surface area (Å²) in [6.07, 6.45) is 2.24. The molecule has 0 unspecified atom stereocenters. The second-order valence-electron chi connectivity index (χ2n) is 4.85. The van der Waals surface area contributed by atoms with Crippen LogP contribution in [0.2, 0.25) is 0 Å². The third-order valence-corrected chi connectivity index (χ3v) is 2.99. The zero-order chi connectivity index (χ0) is 10.3. The lowest BCUT2D eigenvalue weighted by Crippen LogP contribution is -2.49. The molecule has 1 aliphatic rings. The summed E-state index contributed by atoms with van der Waals surface area (Å²) in [5, 5.41) is 0. The molecule has 76 valence electrons. The Morgan fingerprint density at radius 3 is 2.31 bits per heavy atom. The summed E-state index contributed by atoms with van der Waals surface area (Å²) in [5.74, 6) is 0.204. The summed E-state index contributed by atoms with van der Waals surface area (Å²) < 4.78 is -0.422. The van der Waals surface area contributed by atoms with E-state index in [1.54, 1.807) is 0 Å². The Balaban J connectivity index is 2.79. The van der Waals surface area contributed by atoms with Crippen molar-refractivity contribution >= 4 is 21.8 Å². The number of halogens is 1. The highest BCUT2D eigenvalue weighted by Gasteiger charge is 2.40. The molecule has 0 aromatic heterocycles. The highest BCUT2D eigenvalue weighted by molar-refractivity contribution is 9.10. The molecule has 1 saturated heterocycles. The molecule has 0 atom stereocenters. The monoisotopic (exact) mass is 247 g/mol. The first kappa shape index (κ1) is 11.0. The highest BCUT2D eigenvalue weighted by Crippen LogP contribution is 2.32. The molecule has 0 N–H and O–H groups in total. The van der Waals surface area contributed by atoms with Crippen molar-refractivity contribution in [1.29, 1.82) is 0 Å². The molecule has 13 heavy (non-hydrogen) atoms. The van der Waals surface area contributed by atoms with Gasteiger partial charge in [-0.2, -0.15) is 0 Å². The SMILES string of the molecule is CC(C)(Br)C(=O)N1CCCC1(C)C. The van der Waals surface area contributed by atoms with Gasteiger partial charge in [0.1, 0.15) is 0 Å². The van der Waals surface area contributed by atoms with Gasteiger partial charge in [-0.15, -0.1) is 0 Å². The number of carbonyl (C=O) groups excluding carboxylic acids is 1. The number of hydrogen-bond acceptors (Lipinski definition) is 1. The van der Waals surface area contributed by atoms with E-state index in [0.717, 1.165) is 19.4 Å². The van der Waals surface area contributed by atoms with Crippen molar-refractivity contribution in [2.24, 2.45) is 0 Å². The van der Waals surface area contributed by atoms with Crippen LogP contribution >= 0.6 is 15.9 Å². The third-order valence-electron chi connectivity index (χ3n) is 2.65. The predicted octanol–water partition coefficient (Wildman–Crippen LogP) is 2.56. The second kappa shape index (κ2) is 3.26. The van der Waals surface area contributed by atoms with Crippen LogP contribution in [0, 0.1) is 0 Å². The molecule has 0 radical (unpaired) electrons. The van der Waals surface area contributed by atoms with Crippen LogP contribution in [0.15, 0.2) is 0 Å². The van der Waals surface area contributed by atoms with Gasteiger partial charge < -0.3 is 4.90 Å². The molecule has 1 rings (SSSR count). The van der Waals surface area contributed by atoms with E-state index in [0.29, 0.717) is 0 Å². The molecule has 1 fully saturated rings. The summed E-state index contributed by atoms with van der Waals surface area (Å²) in [5.41, 5.74) is 0.0438. The topological polar surface area (TPSA) is 20.3 Å². The number of carbonyl (C=O) groups is 1. The molecular weight excluding hydrogens is 230 g/mol. The summed E-state index contributed by atoms with van der Waals surface area (Å²) in [7, 11) is 0. The average molecular weight is 248 g/mol. The van der Waals surface area contributed by atoms with Crippen LogP contribution in [0.1, 0.15) is 40.5 Å². The number of amides is 1. The lowest BCUT2D eigenvalue weighted by Gasteiger charge is -2.35. The predicted molar refractivity (Wildman–Crippen MR) is 58.0 cm³/mol. The number of hydrogen-bond donors (Lipinski definition) is 0. The maximum atomic E-state index is 12.0. The zero-order valence-corrected chi connectivity index (χ0v) is 10.4. The molecule has 1 heterocycles. The van der Waals surface area contributed by atoms with Gasteiger partial charge in [0, 0.05) is 12.1 Å². The number of rotatable bonds is 1. The average Bonchev–Trinajstić information content (AvgIpc) is 2.26. The lowest BCUT2D eigenvalue weighted by atomic mass is 10.0. The van der Waals surface area contributed by atoms with Gasteiger partial charge in [-0.25, -0.2) is 0 Å². The van der Waals surface area contributed by atoms with Gasteiger partial charge in [0.15, 0.2) is 0 Å². The molecule has 0 bridgehead atoms. The molecule has 0 aliphatic carbocycles. The van der Waals surface area contributed by atoms with E-state index in [2.05, 4.69) is 29.8 Å². The highest BCUT2D eigenvalue weighted by atomic mass is 79.9. The minimum Gasteiger partial charge on any atom is -0.336 e. The molecule has 3 heteroatoms. The number of nitrogens with zero attached hydrogens (tertiary/aromatic N) is 1. The van der Waals surface area contributed by atoms with E-state index in [9.17, 15) is 4.79 Å². The van der Waals surface area contributed by atoms with E-state index < -0.39 is 4.32 Å². The van der Waals surface area contributed by atoms with Crippen molar-refractivity contribution in [3.8, 4) is 0 Å². The Morgan fingerprint density at radius 2 is 2.00 bits per heavy atom. The van der Waals surface area contributed by atoms with Crippen molar-refractivity contribution in [3.05, 3.63) is 0 Å². The molecule has 0 aromatic carbocycles. The summed E-state index contributed by atoms with van der Waals surface area (Å²) in [4.78, 5) is 13.9. The van der Waals surface area contributed by atoms with Crippen molar-refractivity contribution in [2.75, 3.05) is 6.54 Å². The molecule has 1 aliphatic heterocycles. The smallest absolute Gasteiger partial charge is 0.239 e. The van der Waals surface area contributed by atoms with Crippen LogP contribution in [0.4, 0.5) is 0 Å². The Kier molecular flexibility index (Phi) is 2.77. The van der Waals surface area contributed by atoms with Crippen molar-refractivity contribution in [1.82, 2.24) is 4.90 Å². The maximum absolute atomic E-state index is 12.0. The summed E-state index contributed by atoms with van der Waals surface area (Å²) >= 11 is 3.41. The van der Waals surface area contributed by atoms with Crippen molar-refractivity contribution in [3.63, 3.8) is 0 Å². The number of likely N-dealkylation sites (tertiary alicyclic amines) is 1. The quantitative estimate of drug-likeness (QED) is 0.653. The summed E-state index contributed by atoms with van der Waals surface area (Å²) in [6, 6.07) is 0. The first-order valence-electron chi connectivity index (χ1n) is 4.76. The normalized spacial score (nSPS) is 22.1. The minimum absolute atomic E-state index is 0.0438. The Morgan fingerprint density at radius 1 is 1.46 bits per heavy atom. The fourth-order valence-corrected chi connectivity index (χ4v) is 2.02. The maximum Gasteiger partial charge on any atom is 0.239 e. The van der Waals surface area contributed by atoms with Crippen molar-refractivity contribution in [2.45, 2.75) is 50.4 Å². The van der Waals surface area contributed by atoms with Gasteiger partial charge in [-0.1, -0.05) is 15.9 Å². The van der Waals surface area contributed by atoms with E-state index in [1.165, 1.54) is 0 Å². The number of alkyl halides is 1. The van der Waals surface area contributed by atoms with Gasteiger partial charge in [0.2, 0.25) is 5.91 Å². The molecule has 0 spiro atoms.